The molecular weight excluding hydrogens is 639 g/mol. The van der Waals surface area contributed by atoms with Gasteiger partial charge in [0.25, 0.3) is 0 Å². The maximum atomic E-state index is 13.1. The van der Waals surface area contributed by atoms with Crippen molar-refractivity contribution in [2.75, 3.05) is 62.3 Å². The predicted molar refractivity (Wildman–Crippen MR) is 198 cm³/mol. The third kappa shape index (κ3) is 11.9. The number of unbranched alkanes of at least 4 members (excludes halogenated alkanes) is 9. The number of rotatable bonds is 23. The molecule has 2 aliphatic rings. The second-order valence-corrected chi connectivity index (χ2v) is 15.8. The average Bonchev–Trinajstić information content (AvgIpc) is 3.07. The normalized spacial score (nSPS) is 18.0. The molecule has 0 amide bonds. The first-order valence-corrected chi connectivity index (χ1v) is 20.5. The van der Waals surface area contributed by atoms with Gasteiger partial charge in [0.05, 0.1) is 61.6 Å². The molecule has 49 heavy (non-hydrogen) atoms. The molecule has 1 aliphatic carbocycles. The summed E-state index contributed by atoms with van der Waals surface area (Å²) in [5.41, 5.74) is 3.64. The number of Topliss-reactive ketones (excluding diaryl/α,β-unsaturated/α-hetero) is 1. The quantitative estimate of drug-likeness (QED) is 0.0705. The molecule has 2 aromatic rings. The van der Waals surface area contributed by atoms with E-state index in [0.717, 1.165) is 71.9 Å². The number of fused-ring (bicyclic) bond motifs is 4. The fraction of sp³-hybridized carbons (Fsp3) is 0.667. The minimum Gasteiger partial charge on any atom is -0.748 e. The third-order valence-electron chi connectivity index (χ3n) is 10.4. The van der Waals surface area contributed by atoms with E-state index in [-0.39, 0.29) is 23.7 Å². The van der Waals surface area contributed by atoms with E-state index in [9.17, 15) is 17.8 Å². The summed E-state index contributed by atoms with van der Waals surface area (Å²) >= 11 is 0. The molecule has 3 atom stereocenters. The van der Waals surface area contributed by atoms with Crippen LogP contribution in [0.4, 0.5) is 11.4 Å². The van der Waals surface area contributed by atoms with E-state index >= 15 is 0 Å². The van der Waals surface area contributed by atoms with E-state index < -0.39 is 10.1 Å². The molecular formula is C39H61N3O6S. The Morgan fingerprint density at radius 3 is 2.20 bits per heavy atom. The molecule has 1 aliphatic heterocycles. The summed E-state index contributed by atoms with van der Waals surface area (Å²) < 4.78 is 47.3. The number of benzene rings is 2. The maximum absolute atomic E-state index is 13.1. The zero-order chi connectivity index (χ0) is 35.3. The Balaban J connectivity index is 1.31. The van der Waals surface area contributed by atoms with Gasteiger partial charge in [-0.05, 0) is 62.6 Å². The molecule has 10 heteroatoms. The summed E-state index contributed by atoms with van der Waals surface area (Å²) in [4.78, 5) is 15.4. The standard InChI is InChI=1S/C39H61N3O6S/c1-5-8-9-10-11-12-13-14-15-16-23-42(4,25-18-27-49(44,45)46)24-17-26-47-32-20-21-33-34(29-32)39-38(30-36(33)43)48-37-28-31(41(6-2)7-3)19-22-35(37)40-39/h19-22,28-29,38-40H,5-18,23-27,30H2,1-4H3. The van der Waals surface area contributed by atoms with Gasteiger partial charge in [-0.2, -0.15) is 0 Å². The van der Waals surface area contributed by atoms with Crippen molar-refractivity contribution >= 4 is 27.3 Å². The van der Waals surface area contributed by atoms with Gasteiger partial charge < -0.3 is 28.7 Å². The summed E-state index contributed by atoms with van der Waals surface area (Å²) in [6, 6.07) is 11.8. The lowest BCUT2D eigenvalue weighted by Gasteiger charge is -2.39. The Morgan fingerprint density at radius 1 is 0.878 bits per heavy atom. The molecule has 0 radical (unpaired) electrons. The van der Waals surface area contributed by atoms with Crippen molar-refractivity contribution in [3.63, 3.8) is 0 Å². The Bertz CT molecular complexity index is 1450. The number of carbonyl (C=O) groups is 1. The van der Waals surface area contributed by atoms with Crippen LogP contribution in [0.1, 0.15) is 126 Å². The minimum absolute atomic E-state index is 0.0769. The van der Waals surface area contributed by atoms with Crippen LogP contribution >= 0.6 is 0 Å². The van der Waals surface area contributed by atoms with Crippen molar-refractivity contribution in [2.45, 2.75) is 116 Å². The summed E-state index contributed by atoms with van der Waals surface area (Å²) in [5.74, 6) is 1.26. The van der Waals surface area contributed by atoms with E-state index in [1.54, 1.807) is 0 Å². The van der Waals surface area contributed by atoms with Gasteiger partial charge >= 0.3 is 0 Å². The fourth-order valence-corrected chi connectivity index (χ4v) is 7.94. The zero-order valence-electron chi connectivity index (χ0n) is 30.5. The van der Waals surface area contributed by atoms with Gasteiger partial charge in [-0.3, -0.25) is 4.79 Å². The first-order valence-electron chi connectivity index (χ1n) is 18.9. The number of nitrogens with one attached hydrogen (secondary N) is 1. The van der Waals surface area contributed by atoms with Crippen LogP contribution in [-0.4, -0.2) is 81.5 Å². The second kappa shape index (κ2) is 19.0. The molecule has 274 valence electrons. The van der Waals surface area contributed by atoms with Crippen molar-refractivity contribution in [3.8, 4) is 11.5 Å². The van der Waals surface area contributed by atoms with Gasteiger partial charge in [0, 0.05) is 49.0 Å². The fourth-order valence-electron chi connectivity index (χ4n) is 7.45. The molecule has 1 N–H and O–H groups in total. The first-order chi connectivity index (χ1) is 23.6. The van der Waals surface area contributed by atoms with Gasteiger partial charge in [0.2, 0.25) is 0 Å². The lowest BCUT2D eigenvalue weighted by molar-refractivity contribution is -0.910. The molecule has 9 nitrogen and oxygen atoms in total. The molecule has 3 unspecified atom stereocenters. The van der Waals surface area contributed by atoms with Crippen molar-refractivity contribution < 1.29 is 31.7 Å². The summed E-state index contributed by atoms with van der Waals surface area (Å²) in [5, 5.41) is 3.65. The van der Waals surface area contributed by atoms with Crippen molar-refractivity contribution in [2.24, 2.45) is 0 Å². The van der Waals surface area contributed by atoms with Gasteiger partial charge in [-0.25, -0.2) is 8.42 Å². The molecule has 0 saturated carbocycles. The predicted octanol–water partition coefficient (Wildman–Crippen LogP) is 8.11. The number of quaternary nitrogens is 1. The highest BCUT2D eigenvalue weighted by molar-refractivity contribution is 7.85. The Morgan fingerprint density at radius 2 is 1.53 bits per heavy atom. The van der Waals surface area contributed by atoms with E-state index in [1.165, 1.54) is 57.8 Å². The van der Waals surface area contributed by atoms with Crippen molar-refractivity contribution in [1.29, 1.82) is 0 Å². The smallest absolute Gasteiger partial charge is 0.167 e. The van der Waals surface area contributed by atoms with Crippen molar-refractivity contribution in [1.82, 2.24) is 0 Å². The number of anilines is 2. The van der Waals surface area contributed by atoms with Gasteiger partial charge in [-0.1, -0.05) is 58.3 Å². The van der Waals surface area contributed by atoms with Crippen LogP contribution in [-0.2, 0) is 10.1 Å². The largest absolute Gasteiger partial charge is 0.748 e. The SMILES string of the molecule is CCCCCCCCCCCC[N+](C)(CCCOc1ccc2c(c1)C1Nc3ccc(N(CC)CC)cc3OC1CC2=O)CCCS(=O)(=O)[O-]. The van der Waals surface area contributed by atoms with Crippen LogP contribution in [0.25, 0.3) is 0 Å². The number of ketones is 1. The lowest BCUT2D eigenvalue weighted by atomic mass is 9.83. The lowest BCUT2D eigenvalue weighted by Crippen LogP contribution is -2.47. The topological polar surface area (TPSA) is 108 Å². The van der Waals surface area contributed by atoms with Gasteiger partial charge in [-0.15, -0.1) is 0 Å². The number of nitrogens with zero attached hydrogens (tertiary/aromatic N) is 2. The Kier molecular flexibility index (Phi) is 15.1. The second-order valence-electron chi connectivity index (χ2n) is 14.3. The van der Waals surface area contributed by atoms with Gasteiger partial charge in [0.1, 0.15) is 17.6 Å². The highest BCUT2D eigenvalue weighted by atomic mass is 32.2. The van der Waals surface area contributed by atoms with E-state index in [1.807, 2.05) is 18.2 Å². The average molecular weight is 700 g/mol. The van der Waals surface area contributed by atoms with E-state index in [2.05, 4.69) is 56.2 Å². The Hall–Kier alpha value is -2.82. The van der Waals surface area contributed by atoms with Crippen LogP contribution in [0.2, 0.25) is 0 Å². The summed E-state index contributed by atoms with van der Waals surface area (Å²) in [6.45, 7) is 11.3. The number of hydrogen-bond donors (Lipinski definition) is 1. The van der Waals surface area contributed by atoms with Crippen LogP contribution in [0.3, 0.4) is 0 Å². The molecule has 1 heterocycles. The highest BCUT2D eigenvalue weighted by Gasteiger charge is 2.39. The molecule has 4 rings (SSSR count). The molecule has 0 aromatic heterocycles. The Labute approximate surface area is 296 Å². The first kappa shape index (κ1) is 39.0. The number of ether oxygens (including phenoxy) is 2. The minimum atomic E-state index is -4.22. The monoisotopic (exact) mass is 699 g/mol. The number of hydrogen-bond acceptors (Lipinski definition) is 8. The van der Waals surface area contributed by atoms with E-state index in [4.69, 9.17) is 9.47 Å². The molecule has 0 fully saturated rings. The molecule has 0 bridgehead atoms. The van der Waals surface area contributed by atoms with Crippen molar-refractivity contribution in [3.05, 3.63) is 47.5 Å². The molecule has 2 aromatic carbocycles. The molecule has 0 saturated heterocycles. The van der Waals surface area contributed by atoms with Crippen LogP contribution in [0.15, 0.2) is 36.4 Å². The summed E-state index contributed by atoms with van der Waals surface area (Å²) in [7, 11) is -2.05. The van der Waals surface area contributed by atoms with E-state index in [0.29, 0.717) is 31.6 Å². The van der Waals surface area contributed by atoms with Gasteiger partial charge in [0.15, 0.2) is 5.78 Å². The maximum Gasteiger partial charge on any atom is 0.167 e. The van der Waals surface area contributed by atoms with Crippen LogP contribution < -0.4 is 19.7 Å². The number of carbonyl (C=O) groups excluding carboxylic acids is 1. The third-order valence-corrected chi connectivity index (χ3v) is 11.1. The highest BCUT2D eigenvalue weighted by Crippen LogP contribution is 2.44. The summed E-state index contributed by atoms with van der Waals surface area (Å²) in [6.07, 6.45) is 13.9. The van der Waals surface area contributed by atoms with Crippen LogP contribution in [0.5, 0.6) is 11.5 Å². The zero-order valence-corrected chi connectivity index (χ0v) is 31.3. The van der Waals surface area contributed by atoms with Crippen LogP contribution in [0, 0.1) is 0 Å². The molecule has 0 spiro atoms.